The lowest BCUT2D eigenvalue weighted by atomic mass is 10.1. The Bertz CT molecular complexity index is 987. The number of nitrogens with one attached hydrogen (secondary N) is 2. The average molecular weight is 473 g/mol. The molecule has 2 amide bonds. The minimum atomic E-state index is -0.366. The smallest absolute Gasteiger partial charge is 0.244 e. The van der Waals surface area contributed by atoms with Gasteiger partial charge in [-0.2, -0.15) is 0 Å². The summed E-state index contributed by atoms with van der Waals surface area (Å²) in [6.45, 7) is 6.24. The first kappa shape index (κ1) is 21.9. The number of rotatable bonds is 7. The highest BCUT2D eigenvalue weighted by Gasteiger charge is 2.21. The van der Waals surface area contributed by atoms with Crippen molar-refractivity contribution in [2.45, 2.75) is 33.3 Å². The first-order valence-electron chi connectivity index (χ1n) is 9.84. The van der Waals surface area contributed by atoms with Crippen LogP contribution in [0, 0.1) is 6.92 Å². The van der Waals surface area contributed by atoms with E-state index in [1.165, 1.54) is 6.08 Å². The van der Waals surface area contributed by atoms with Gasteiger partial charge < -0.3 is 20.1 Å². The number of halogens is 1. The zero-order valence-corrected chi connectivity index (χ0v) is 18.8. The van der Waals surface area contributed by atoms with Crippen LogP contribution in [-0.2, 0) is 16.0 Å². The van der Waals surface area contributed by atoms with Crippen LogP contribution in [0.3, 0.4) is 0 Å². The molecule has 2 aromatic rings. The molecule has 0 bridgehead atoms. The number of carbonyl (C=O) groups excluding carboxylic acids is 2. The maximum absolute atomic E-state index is 12.2. The Morgan fingerprint density at radius 3 is 2.83 bits per heavy atom. The summed E-state index contributed by atoms with van der Waals surface area (Å²) in [4.78, 5) is 24.3. The lowest BCUT2D eigenvalue weighted by Crippen LogP contribution is -2.31. The van der Waals surface area contributed by atoms with E-state index in [9.17, 15) is 9.59 Å². The molecular formula is C23H25BrN2O4. The molecule has 0 spiro atoms. The Morgan fingerprint density at radius 2 is 2.10 bits per heavy atom. The fourth-order valence-electron chi connectivity index (χ4n) is 3.22. The number of hydrogen-bond acceptors (Lipinski definition) is 4. The van der Waals surface area contributed by atoms with Crippen LogP contribution in [0.4, 0.5) is 5.69 Å². The molecule has 0 radical (unpaired) electrons. The molecule has 30 heavy (non-hydrogen) atoms. The second-order valence-electron chi connectivity index (χ2n) is 7.12. The van der Waals surface area contributed by atoms with Gasteiger partial charge in [-0.25, -0.2) is 0 Å². The van der Waals surface area contributed by atoms with Crippen LogP contribution < -0.4 is 20.1 Å². The number of amides is 2. The van der Waals surface area contributed by atoms with Crippen LogP contribution >= 0.6 is 15.9 Å². The van der Waals surface area contributed by atoms with E-state index in [1.54, 1.807) is 6.08 Å². The fourth-order valence-corrected chi connectivity index (χ4v) is 3.69. The van der Waals surface area contributed by atoms with Crippen LogP contribution in [0.15, 0.2) is 40.9 Å². The molecule has 1 aliphatic rings. The number of ether oxygens (including phenoxy) is 2. The SMILES string of the molecule is CCOc1cc2c(cc1/C=C\C(=O)NCC(=O)Nc1ccc(Br)cc1C)O[C@H](C)C2. The van der Waals surface area contributed by atoms with Crippen molar-refractivity contribution in [1.82, 2.24) is 5.32 Å². The molecule has 6 nitrogen and oxygen atoms in total. The Labute approximate surface area is 184 Å². The first-order valence-corrected chi connectivity index (χ1v) is 10.6. The molecule has 1 atom stereocenters. The molecule has 7 heteroatoms. The zero-order valence-electron chi connectivity index (χ0n) is 17.3. The normalized spacial score (nSPS) is 14.9. The van der Waals surface area contributed by atoms with Gasteiger partial charge in [-0.15, -0.1) is 0 Å². The van der Waals surface area contributed by atoms with Gasteiger partial charge in [0.25, 0.3) is 0 Å². The summed E-state index contributed by atoms with van der Waals surface area (Å²) in [5, 5.41) is 5.39. The van der Waals surface area contributed by atoms with Crippen LogP contribution in [0.25, 0.3) is 6.08 Å². The van der Waals surface area contributed by atoms with Gasteiger partial charge >= 0.3 is 0 Å². The first-order chi connectivity index (χ1) is 14.4. The Balaban J connectivity index is 1.59. The predicted octanol–water partition coefficient (Wildman–Crippen LogP) is 4.25. The van der Waals surface area contributed by atoms with E-state index < -0.39 is 0 Å². The minimum Gasteiger partial charge on any atom is -0.493 e. The Hall–Kier alpha value is -2.80. The van der Waals surface area contributed by atoms with E-state index in [0.29, 0.717) is 18.0 Å². The van der Waals surface area contributed by atoms with Crippen molar-refractivity contribution >= 4 is 39.5 Å². The van der Waals surface area contributed by atoms with Gasteiger partial charge in [0.1, 0.15) is 17.6 Å². The molecule has 0 fully saturated rings. The van der Waals surface area contributed by atoms with Gasteiger partial charge in [0, 0.05) is 33.8 Å². The van der Waals surface area contributed by atoms with E-state index in [0.717, 1.165) is 33.3 Å². The summed E-state index contributed by atoms with van der Waals surface area (Å²) in [6, 6.07) is 9.42. The summed E-state index contributed by atoms with van der Waals surface area (Å²) >= 11 is 3.39. The van der Waals surface area contributed by atoms with Crippen molar-refractivity contribution in [3.63, 3.8) is 0 Å². The Morgan fingerprint density at radius 1 is 1.30 bits per heavy atom. The lowest BCUT2D eigenvalue weighted by Gasteiger charge is -2.10. The molecule has 1 aliphatic heterocycles. The van der Waals surface area contributed by atoms with E-state index >= 15 is 0 Å². The summed E-state index contributed by atoms with van der Waals surface area (Å²) in [7, 11) is 0. The monoisotopic (exact) mass is 472 g/mol. The van der Waals surface area contributed by atoms with Crippen LogP contribution in [0.2, 0.25) is 0 Å². The quantitative estimate of drug-likeness (QED) is 0.590. The zero-order chi connectivity index (χ0) is 21.7. The third-order valence-electron chi connectivity index (χ3n) is 4.63. The van der Waals surface area contributed by atoms with Crippen LogP contribution in [-0.4, -0.2) is 31.1 Å². The molecule has 0 saturated carbocycles. The summed E-state index contributed by atoms with van der Waals surface area (Å²) in [5.74, 6) is 0.865. The van der Waals surface area contributed by atoms with Gasteiger partial charge in [-0.3, -0.25) is 9.59 Å². The number of carbonyl (C=O) groups is 2. The molecule has 3 rings (SSSR count). The van der Waals surface area contributed by atoms with Crippen molar-refractivity contribution in [2.24, 2.45) is 0 Å². The van der Waals surface area contributed by atoms with Gasteiger partial charge in [0.2, 0.25) is 11.8 Å². The van der Waals surface area contributed by atoms with E-state index in [2.05, 4.69) is 26.6 Å². The molecule has 2 N–H and O–H groups in total. The van der Waals surface area contributed by atoms with Crippen molar-refractivity contribution < 1.29 is 19.1 Å². The molecule has 2 aromatic carbocycles. The molecule has 0 aromatic heterocycles. The summed E-state index contributed by atoms with van der Waals surface area (Å²) in [6.07, 6.45) is 4.03. The number of hydrogen-bond donors (Lipinski definition) is 2. The summed E-state index contributed by atoms with van der Waals surface area (Å²) < 4.78 is 12.4. The maximum atomic E-state index is 12.2. The minimum absolute atomic E-state index is 0.123. The number of anilines is 1. The number of benzene rings is 2. The molecule has 1 heterocycles. The van der Waals surface area contributed by atoms with Crippen molar-refractivity contribution in [1.29, 1.82) is 0 Å². The van der Waals surface area contributed by atoms with Crippen molar-refractivity contribution in [3.05, 3.63) is 57.6 Å². The predicted molar refractivity (Wildman–Crippen MR) is 121 cm³/mol. The van der Waals surface area contributed by atoms with Crippen LogP contribution in [0.5, 0.6) is 11.5 Å². The topological polar surface area (TPSA) is 76.7 Å². The van der Waals surface area contributed by atoms with Gasteiger partial charge in [-0.1, -0.05) is 15.9 Å². The highest BCUT2D eigenvalue weighted by atomic mass is 79.9. The average Bonchev–Trinajstić information content (AvgIpc) is 3.05. The molecule has 0 saturated heterocycles. The molecule has 0 aliphatic carbocycles. The highest BCUT2D eigenvalue weighted by Crippen LogP contribution is 2.35. The van der Waals surface area contributed by atoms with Gasteiger partial charge in [0.15, 0.2) is 0 Å². The largest absolute Gasteiger partial charge is 0.493 e. The molecular weight excluding hydrogens is 448 g/mol. The van der Waals surface area contributed by atoms with Gasteiger partial charge in [0.05, 0.1) is 13.2 Å². The van der Waals surface area contributed by atoms with Crippen molar-refractivity contribution in [3.8, 4) is 11.5 Å². The lowest BCUT2D eigenvalue weighted by molar-refractivity contribution is -0.121. The summed E-state index contributed by atoms with van der Waals surface area (Å²) in [5.41, 5.74) is 3.50. The third kappa shape index (κ3) is 5.63. The maximum Gasteiger partial charge on any atom is 0.244 e. The van der Waals surface area contributed by atoms with Crippen LogP contribution in [0.1, 0.15) is 30.5 Å². The number of fused-ring (bicyclic) bond motifs is 1. The van der Waals surface area contributed by atoms with E-state index in [1.807, 2.05) is 51.1 Å². The number of aryl methyl sites for hydroxylation is 1. The standard InChI is InChI=1S/C23H25BrN2O4/c1-4-29-20-12-17-10-15(3)30-21(17)11-16(20)5-8-22(27)25-13-23(28)26-19-7-6-18(24)9-14(19)2/h5-9,11-12,15H,4,10,13H2,1-3H3,(H,25,27)(H,26,28)/b8-5-/t15-/m1/s1. The Kier molecular flexibility index (Phi) is 7.15. The van der Waals surface area contributed by atoms with Crippen molar-refractivity contribution in [2.75, 3.05) is 18.5 Å². The molecule has 0 unspecified atom stereocenters. The third-order valence-corrected chi connectivity index (χ3v) is 5.12. The van der Waals surface area contributed by atoms with E-state index in [-0.39, 0.29) is 24.5 Å². The van der Waals surface area contributed by atoms with Gasteiger partial charge in [-0.05, 0) is 62.7 Å². The second-order valence-corrected chi connectivity index (χ2v) is 8.04. The fraction of sp³-hybridized carbons (Fsp3) is 0.304. The second kappa shape index (κ2) is 9.80. The highest BCUT2D eigenvalue weighted by molar-refractivity contribution is 9.10. The van der Waals surface area contributed by atoms with E-state index in [4.69, 9.17) is 9.47 Å². The molecule has 158 valence electrons.